The standard InChI is InChI=1S/C21H17ClN4O3S/c1-13-6-8-15(9-7-13)29-12-18(27)23-11-14-10-19(28)26-21(24-14)30-20(25-26)16-4-2-3-5-17(16)22/h2-10H,11-12H2,1H3,(H,23,27). The molecule has 152 valence electrons. The lowest BCUT2D eigenvalue weighted by atomic mass is 10.2. The molecule has 2 aromatic carbocycles. The van der Waals surface area contributed by atoms with E-state index in [-0.39, 0.29) is 24.6 Å². The number of halogens is 1. The fourth-order valence-corrected chi connectivity index (χ4v) is 3.96. The van der Waals surface area contributed by atoms with E-state index >= 15 is 0 Å². The summed E-state index contributed by atoms with van der Waals surface area (Å²) < 4.78 is 6.68. The van der Waals surface area contributed by atoms with Gasteiger partial charge in [-0.25, -0.2) is 4.98 Å². The van der Waals surface area contributed by atoms with E-state index in [1.165, 1.54) is 21.9 Å². The molecule has 0 saturated carbocycles. The normalized spacial score (nSPS) is 10.9. The number of carbonyl (C=O) groups excluding carboxylic acids is 1. The first-order chi connectivity index (χ1) is 14.5. The van der Waals surface area contributed by atoms with E-state index in [0.29, 0.717) is 26.4 Å². The quantitative estimate of drug-likeness (QED) is 0.496. The molecule has 4 aromatic rings. The first-order valence-corrected chi connectivity index (χ1v) is 10.3. The summed E-state index contributed by atoms with van der Waals surface area (Å²) in [5.41, 5.74) is 1.96. The second-order valence-electron chi connectivity index (χ2n) is 6.55. The molecule has 4 rings (SSSR count). The fourth-order valence-electron chi connectivity index (χ4n) is 2.71. The van der Waals surface area contributed by atoms with Crippen LogP contribution < -0.4 is 15.6 Å². The minimum absolute atomic E-state index is 0.112. The summed E-state index contributed by atoms with van der Waals surface area (Å²) in [5.74, 6) is 0.309. The smallest absolute Gasteiger partial charge is 0.275 e. The zero-order valence-corrected chi connectivity index (χ0v) is 17.5. The van der Waals surface area contributed by atoms with Crippen LogP contribution in [-0.2, 0) is 11.3 Å². The second kappa shape index (κ2) is 8.64. The number of fused-ring (bicyclic) bond motifs is 1. The van der Waals surface area contributed by atoms with Crippen molar-refractivity contribution < 1.29 is 9.53 Å². The van der Waals surface area contributed by atoms with Crippen LogP contribution in [0.3, 0.4) is 0 Å². The van der Waals surface area contributed by atoms with Gasteiger partial charge in [0.05, 0.1) is 17.3 Å². The maximum Gasteiger partial charge on any atom is 0.275 e. The van der Waals surface area contributed by atoms with Crippen molar-refractivity contribution in [2.75, 3.05) is 6.61 Å². The molecule has 0 aliphatic rings. The van der Waals surface area contributed by atoms with E-state index in [0.717, 1.165) is 11.1 Å². The van der Waals surface area contributed by atoms with Crippen LogP contribution in [0, 0.1) is 6.92 Å². The van der Waals surface area contributed by atoms with Crippen molar-refractivity contribution in [1.82, 2.24) is 19.9 Å². The van der Waals surface area contributed by atoms with Crippen molar-refractivity contribution in [3.8, 4) is 16.3 Å². The van der Waals surface area contributed by atoms with E-state index in [1.54, 1.807) is 18.2 Å². The third kappa shape index (κ3) is 4.50. The highest BCUT2D eigenvalue weighted by Gasteiger charge is 2.13. The number of aryl methyl sites for hydroxylation is 1. The Morgan fingerprint density at radius 3 is 2.73 bits per heavy atom. The highest BCUT2D eigenvalue weighted by Crippen LogP contribution is 2.30. The van der Waals surface area contributed by atoms with Crippen molar-refractivity contribution in [2.45, 2.75) is 13.5 Å². The first kappa shape index (κ1) is 20.1. The van der Waals surface area contributed by atoms with Gasteiger partial charge in [0, 0.05) is 11.6 Å². The van der Waals surface area contributed by atoms with Crippen LogP contribution in [0.25, 0.3) is 15.5 Å². The molecule has 1 amide bonds. The van der Waals surface area contributed by atoms with Crippen LogP contribution in [0.5, 0.6) is 5.75 Å². The third-order valence-electron chi connectivity index (χ3n) is 4.26. The van der Waals surface area contributed by atoms with Crippen LogP contribution in [0.4, 0.5) is 0 Å². The van der Waals surface area contributed by atoms with Crippen LogP contribution in [-0.4, -0.2) is 27.1 Å². The Bertz CT molecular complexity index is 1270. The number of nitrogens with zero attached hydrogens (tertiary/aromatic N) is 3. The number of hydrogen-bond acceptors (Lipinski definition) is 6. The predicted molar refractivity (Wildman–Crippen MR) is 116 cm³/mol. The molecule has 30 heavy (non-hydrogen) atoms. The topological polar surface area (TPSA) is 85.6 Å². The number of benzene rings is 2. The number of nitrogens with one attached hydrogen (secondary N) is 1. The Kier molecular flexibility index (Phi) is 5.78. The molecule has 9 heteroatoms. The molecular formula is C21H17ClN4O3S. The molecule has 0 saturated heterocycles. The number of rotatable bonds is 6. The lowest BCUT2D eigenvalue weighted by molar-refractivity contribution is -0.123. The van der Waals surface area contributed by atoms with Crippen LogP contribution in [0.1, 0.15) is 11.3 Å². The number of carbonyl (C=O) groups is 1. The highest BCUT2D eigenvalue weighted by atomic mass is 35.5. The van der Waals surface area contributed by atoms with Gasteiger partial charge in [0.2, 0.25) is 4.96 Å². The summed E-state index contributed by atoms with van der Waals surface area (Å²) in [6.45, 7) is 1.96. The lowest BCUT2D eigenvalue weighted by Gasteiger charge is -2.07. The highest BCUT2D eigenvalue weighted by molar-refractivity contribution is 7.19. The van der Waals surface area contributed by atoms with E-state index in [9.17, 15) is 9.59 Å². The Morgan fingerprint density at radius 1 is 1.20 bits per heavy atom. The molecule has 0 unspecified atom stereocenters. The number of ether oxygens (including phenoxy) is 1. The maximum absolute atomic E-state index is 12.4. The Labute approximate surface area is 180 Å². The zero-order valence-electron chi connectivity index (χ0n) is 16.0. The largest absolute Gasteiger partial charge is 0.484 e. The first-order valence-electron chi connectivity index (χ1n) is 9.10. The van der Waals surface area contributed by atoms with Gasteiger partial charge >= 0.3 is 0 Å². The fraction of sp³-hybridized carbons (Fsp3) is 0.143. The second-order valence-corrected chi connectivity index (χ2v) is 7.91. The van der Waals surface area contributed by atoms with E-state index in [1.807, 2.05) is 37.3 Å². The Morgan fingerprint density at radius 2 is 1.97 bits per heavy atom. The van der Waals surface area contributed by atoms with Gasteiger partial charge < -0.3 is 10.1 Å². The van der Waals surface area contributed by atoms with Crippen molar-refractivity contribution in [1.29, 1.82) is 0 Å². The molecule has 0 bridgehead atoms. The number of hydrogen-bond donors (Lipinski definition) is 1. The van der Waals surface area contributed by atoms with Crippen molar-refractivity contribution in [2.24, 2.45) is 0 Å². The molecule has 2 aromatic heterocycles. The summed E-state index contributed by atoms with van der Waals surface area (Å²) in [7, 11) is 0. The van der Waals surface area contributed by atoms with Gasteiger partial charge in [-0.05, 0) is 25.1 Å². The molecule has 0 aliphatic heterocycles. The van der Waals surface area contributed by atoms with Crippen molar-refractivity contribution in [3.63, 3.8) is 0 Å². The van der Waals surface area contributed by atoms with Gasteiger partial charge in [0.25, 0.3) is 11.5 Å². The van der Waals surface area contributed by atoms with E-state index in [2.05, 4.69) is 15.4 Å². The van der Waals surface area contributed by atoms with E-state index < -0.39 is 0 Å². The molecule has 0 atom stereocenters. The Hall–Kier alpha value is -3.23. The summed E-state index contributed by atoms with van der Waals surface area (Å²) in [4.78, 5) is 29.3. The molecular weight excluding hydrogens is 424 g/mol. The third-order valence-corrected chi connectivity index (χ3v) is 5.53. The molecule has 0 aliphatic carbocycles. The molecule has 0 spiro atoms. The van der Waals surface area contributed by atoms with Gasteiger partial charge in [-0.1, -0.05) is 58.8 Å². The minimum atomic E-state index is -0.324. The summed E-state index contributed by atoms with van der Waals surface area (Å²) in [5, 5.41) is 8.17. The van der Waals surface area contributed by atoms with Crippen molar-refractivity contribution in [3.05, 3.63) is 81.2 Å². The molecule has 0 fully saturated rings. The minimum Gasteiger partial charge on any atom is -0.484 e. The lowest BCUT2D eigenvalue weighted by Crippen LogP contribution is -2.29. The van der Waals surface area contributed by atoms with Gasteiger partial charge in [-0.3, -0.25) is 9.59 Å². The van der Waals surface area contributed by atoms with Gasteiger partial charge in [-0.2, -0.15) is 9.61 Å². The van der Waals surface area contributed by atoms with Crippen LogP contribution >= 0.6 is 22.9 Å². The molecule has 1 N–H and O–H groups in total. The monoisotopic (exact) mass is 440 g/mol. The summed E-state index contributed by atoms with van der Waals surface area (Å²) >= 11 is 7.48. The van der Waals surface area contributed by atoms with Gasteiger partial charge in [-0.15, -0.1) is 0 Å². The van der Waals surface area contributed by atoms with Gasteiger partial charge in [0.15, 0.2) is 6.61 Å². The van der Waals surface area contributed by atoms with Gasteiger partial charge in [0.1, 0.15) is 10.8 Å². The number of aromatic nitrogens is 3. The average Bonchev–Trinajstić information content (AvgIpc) is 3.17. The summed E-state index contributed by atoms with van der Waals surface area (Å²) in [6, 6.07) is 16.1. The molecule has 0 radical (unpaired) electrons. The maximum atomic E-state index is 12.4. The zero-order chi connectivity index (χ0) is 21.1. The Balaban J connectivity index is 1.44. The van der Waals surface area contributed by atoms with Crippen molar-refractivity contribution >= 4 is 33.8 Å². The SMILES string of the molecule is Cc1ccc(OCC(=O)NCc2cc(=O)n3nc(-c4ccccc4Cl)sc3n2)cc1. The summed E-state index contributed by atoms with van der Waals surface area (Å²) in [6.07, 6.45) is 0. The predicted octanol–water partition coefficient (Wildman–Crippen LogP) is 3.48. The molecule has 2 heterocycles. The van der Waals surface area contributed by atoms with Crippen LogP contribution in [0.2, 0.25) is 5.02 Å². The van der Waals surface area contributed by atoms with E-state index in [4.69, 9.17) is 16.3 Å². The average molecular weight is 441 g/mol. The molecule has 7 nitrogen and oxygen atoms in total. The van der Waals surface area contributed by atoms with Crippen LogP contribution in [0.15, 0.2) is 59.4 Å². The number of amides is 1.